The Kier molecular flexibility index (Phi) is 4.74. The molecule has 2 aliphatic heterocycles. The van der Waals surface area contributed by atoms with E-state index < -0.39 is 5.82 Å². The van der Waals surface area contributed by atoms with Gasteiger partial charge in [-0.05, 0) is 55.9 Å². The number of anilines is 1. The van der Waals surface area contributed by atoms with Gasteiger partial charge in [-0.15, -0.1) is 0 Å². The monoisotopic (exact) mass is 457 g/mol. The number of nitrogens with zero attached hydrogens (tertiary/aromatic N) is 3. The number of amides is 1. The highest BCUT2D eigenvalue weighted by Crippen LogP contribution is 2.59. The minimum Gasteiger partial charge on any atom is -0.382 e. The first-order valence-electron chi connectivity index (χ1n) is 11.9. The number of carbonyl (C=O) groups is 1. The van der Waals surface area contributed by atoms with Gasteiger partial charge in [0.1, 0.15) is 17.3 Å². The smallest absolute Gasteiger partial charge is 0.251 e. The molecule has 0 unspecified atom stereocenters. The molecule has 174 valence electrons. The number of hydrogen-bond donors (Lipinski definition) is 2. The first-order chi connectivity index (χ1) is 16.4. The van der Waals surface area contributed by atoms with E-state index in [4.69, 9.17) is 10.7 Å². The maximum Gasteiger partial charge on any atom is 0.251 e. The summed E-state index contributed by atoms with van der Waals surface area (Å²) in [4.78, 5) is 23.6. The van der Waals surface area contributed by atoms with Crippen LogP contribution in [0, 0.1) is 11.7 Å². The molecule has 2 atom stereocenters. The zero-order chi connectivity index (χ0) is 23.6. The van der Waals surface area contributed by atoms with Crippen molar-refractivity contribution in [3.63, 3.8) is 0 Å². The van der Waals surface area contributed by atoms with Crippen LogP contribution in [-0.2, 0) is 11.8 Å². The second-order valence-corrected chi connectivity index (χ2v) is 10.1. The number of likely N-dealkylation sites (tertiary alicyclic amines) is 1. The summed E-state index contributed by atoms with van der Waals surface area (Å²) in [5, 5.41) is 2.74. The number of rotatable bonds is 4. The molecule has 34 heavy (non-hydrogen) atoms. The number of fused-ring (bicyclic) bond motifs is 2. The summed E-state index contributed by atoms with van der Waals surface area (Å²) in [5.74, 6) is 0.131. The quantitative estimate of drug-likeness (QED) is 0.623. The molecule has 2 fully saturated rings. The van der Waals surface area contributed by atoms with Crippen LogP contribution in [0.15, 0.2) is 42.6 Å². The maximum absolute atomic E-state index is 15.0. The van der Waals surface area contributed by atoms with Crippen molar-refractivity contribution < 1.29 is 9.18 Å². The Morgan fingerprint density at radius 3 is 2.74 bits per heavy atom. The first kappa shape index (κ1) is 21.2. The Morgan fingerprint density at radius 2 is 2.00 bits per heavy atom. The van der Waals surface area contributed by atoms with Gasteiger partial charge in [0.25, 0.3) is 5.91 Å². The molecule has 0 radical (unpaired) electrons. The number of piperidine rings is 1. The van der Waals surface area contributed by atoms with Crippen LogP contribution >= 0.6 is 0 Å². The van der Waals surface area contributed by atoms with E-state index in [2.05, 4.69) is 53.3 Å². The van der Waals surface area contributed by atoms with E-state index in [-0.39, 0.29) is 17.3 Å². The average molecular weight is 458 g/mol. The number of aromatic nitrogens is 2. The van der Waals surface area contributed by atoms with Gasteiger partial charge in [-0.2, -0.15) is 0 Å². The minimum atomic E-state index is -0.529. The number of nitrogens with two attached hydrogens (primary N) is 1. The maximum atomic E-state index is 15.0. The van der Waals surface area contributed by atoms with Gasteiger partial charge in [0.05, 0.1) is 11.9 Å². The number of carbonyl (C=O) groups excluding carboxylic acids is 1. The van der Waals surface area contributed by atoms with Gasteiger partial charge in [0.15, 0.2) is 0 Å². The molecule has 3 aliphatic rings. The van der Waals surface area contributed by atoms with Crippen molar-refractivity contribution in [3.8, 4) is 22.5 Å². The number of benzene rings is 2. The molecular formula is C27H28FN5O. The molecule has 1 aromatic heterocycles. The molecule has 0 spiro atoms. The average Bonchev–Trinajstić information content (AvgIpc) is 3.40. The number of halogens is 1. The van der Waals surface area contributed by atoms with Crippen LogP contribution in [0.2, 0.25) is 0 Å². The van der Waals surface area contributed by atoms with Crippen LogP contribution < -0.4 is 11.1 Å². The SMILES string of the molecule is CC(C)N1C[C@@H]2C[C@]2(c2ccc(-c3cnc(N)c(-c4cc5c(cc4F)C(=O)NCC5)n3)cc2)C1. The zero-order valence-electron chi connectivity index (χ0n) is 19.4. The summed E-state index contributed by atoms with van der Waals surface area (Å²) in [5.41, 5.74) is 11.1. The summed E-state index contributed by atoms with van der Waals surface area (Å²) < 4.78 is 15.0. The highest BCUT2D eigenvalue weighted by Gasteiger charge is 2.60. The third-order valence-corrected chi connectivity index (χ3v) is 7.83. The van der Waals surface area contributed by atoms with Gasteiger partial charge in [-0.25, -0.2) is 14.4 Å². The van der Waals surface area contributed by atoms with Crippen molar-refractivity contribution in [3.05, 3.63) is 65.1 Å². The summed E-state index contributed by atoms with van der Waals surface area (Å²) in [6.45, 7) is 7.36. The number of nitrogens with one attached hydrogen (secondary N) is 1. The standard InChI is InChI=1S/C27H28FN5O/c1-15(2)33-13-19-11-27(19,14-33)18-5-3-16(4-6-18)23-12-31-25(29)24(32-23)21-9-17-7-8-30-26(34)20(17)10-22(21)28/h3-6,9-10,12,15,19H,7-8,11,13-14H2,1-2H3,(H2,29,31)(H,30,34)/t19-,27+/m0/s1. The summed E-state index contributed by atoms with van der Waals surface area (Å²) >= 11 is 0. The van der Waals surface area contributed by atoms with E-state index in [1.165, 1.54) is 24.6 Å². The first-order valence-corrected chi connectivity index (χ1v) is 11.9. The Morgan fingerprint density at radius 1 is 1.21 bits per heavy atom. The highest BCUT2D eigenvalue weighted by atomic mass is 19.1. The highest BCUT2D eigenvalue weighted by molar-refractivity contribution is 5.97. The van der Waals surface area contributed by atoms with Gasteiger partial charge in [0, 0.05) is 47.8 Å². The normalized spacial score (nSPS) is 23.5. The van der Waals surface area contributed by atoms with Crippen molar-refractivity contribution in [1.82, 2.24) is 20.2 Å². The molecule has 3 N–H and O–H groups in total. The molecule has 6 nitrogen and oxygen atoms in total. The van der Waals surface area contributed by atoms with Crippen molar-refractivity contribution in [2.24, 2.45) is 5.92 Å². The Hall–Kier alpha value is -3.32. The van der Waals surface area contributed by atoms with Crippen LogP contribution in [0.1, 0.15) is 41.8 Å². The molecule has 1 saturated heterocycles. The van der Waals surface area contributed by atoms with E-state index in [0.29, 0.717) is 41.4 Å². The summed E-state index contributed by atoms with van der Waals surface area (Å²) in [6, 6.07) is 12.1. The van der Waals surface area contributed by atoms with E-state index in [0.717, 1.165) is 23.6 Å². The molecule has 7 heteroatoms. The molecule has 0 bridgehead atoms. The number of nitrogen functional groups attached to an aromatic ring is 1. The third kappa shape index (κ3) is 3.29. The second-order valence-electron chi connectivity index (χ2n) is 10.1. The molecule has 1 amide bonds. The van der Waals surface area contributed by atoms with Crippen LogP contribution in [0.4, 0.5) is 10.2 Å². The lowest BCUT2D eigenvalue weighted by molar-refractivity contribution is 0.0945. The Labute approximate surface area is 198 Å². The van der Waals surface area contributed by atoms with Gasteiger partial charge < -0.3 is 11.1 Å². The predicted molar refractivity (Wildman–Crippen MR) is 130 cm³/mol. The van der Waals surface area contributed by atoms with E-state index in [9.17, 15) is 4.79 Å². The molecule has 3 aromatic rings. The largest absolute Gasteiger partial charge is 0.382 e. The fourth-order valence-corrected chi connectivity index (χ4v) is 5.69. The molecule has 1 aliphatic carbocycles. The lowest BCUT2D eigenvalue weighted by atomic mass is 9.93. The molecular weight excluding hydrogens is 429 g/mol. The van der Waals surface area contributed by atoms with Gasteiger partial charge in [0.2, 0.25) is 0 Å². The zero-order valence-corrected chi connectivity index (χ0v) is 19.4. The van der Waals surface area contributed by atoms with Gasteiger partial charge in [-0.1, -0.05) is 24.3 Å². The van der Waals surface area contributed by atoms with Crippen molar-refractivity contribution >= 4 is 11.7 Å². The third-order valence-electron chi connectivity index (χ3n) is 7.83. The Bertz CT molecular complexity index is 1310. The van der Waals surface area contributed by atoms with Gasteiger partial charge in [-0.3, -0.25) is 9.69 Å². The molecule has 6 rings (SSSR count). The van der Waals surface area contributed by atoms with Crippen molar-refractivity contribution in [2.75, 3.05) is 25.4 Å². The molecule has 3 heterocycles. The molecule has 1 saturated carbocycles. The molecule has 2 aromatic carbocycles. The summed E-state index contributed by atoms with van der Waals surface area (Å²) in [7, 11) is 0. The van der Waals surface area contributed by atoms with E-state index in [1.54, 1.807) is 12.3 Å². The predicted octanol–water partition coefficient (Wildman–Crippen LogP) is 3.80. The fraction of sp³-hybridized carbons (Fsp3) is 0.370. The topological polar surface area (TPSA) is 84.1 Å². The fourth-order valence-electron chi connectivity index (χ4n) is 5.69. The van der Waals surface area contributed by atoms with E-state index >= 15 is 4.39 Å². The number of hydrogen-bond acceptors (Lipinski definition) is 5. The minimum absolute atomic E-state index is 0.166. The lowest BCUT2D eigenvalue weighted by Gasteiger charge is -2.24. The van der Waals surface area contributed by atoms with Crippen LogP contribution in [-0.4, -0.2) is 46.5 Å². The Balaban J connectivity index is 1.32. The van der Waals surface area contributed by atoms with Crippen molar-refractivity contribution in [2.45, 2.75) is 38.1 Å². The van der Waals surface area contributed by atoms with Gasteiger partial charge >= 0.3 is 0 Å². The lowest BCUT2D eigenvalue weighted by Crippen LogP contribution is -2.32. The van der Waals surface area contributed by atoms with Crippen LogP contribution in [0.25, 0.3) is 22.5 Å². The van der Waals surface area contributed by atoms with Crippen LogP contribution in [0.3, 0.4) is 0 Å². The van der Waals surface area contributed by atoms with E-state index in [1.807, 2.05) is 0 Å². The van der Waals surface area contributed by atoms with Crippen molar-refractivity contribution in [1.29, 1.82) is 0 Å². The second kappa shape index (κ2) is 7.60. The summed E-state index contributed by atoms with van der Waals surface area (Å²) in [6.07, 6.45) is 3.53. The van der Waals surface area contributed by atoms with Crippen LogP contribution in [0.5, 0.6) is 0 Å².